The molecule has 0 saturated carbocycles. The molecule has 0 fully saturated rings. The molecule has 0 aromatic carbocycles. The van der Waals surface area contributed by atoms with Gasteiger partial charge >= 0.3 is 0 Å². The first-order valence-electron chi connectivity index (χ1n) is 4.60. The van der Waals surface area contributed by atoms with Crippen molar-refractivity contribution in [3.05, 3.63) is 12.7 Å². The van der Waals surface area contributed by atoms with Crippen molar-refractivity contribution >= 4 is 0 Å². The van der Waals surface area contributed by atoms with Gasteiger partial charge in [-0.05, 0) is 38.8 Å². The highest BCUT2D eigenvalue weighted by molar-refractivity contribution is 4.72. The molecular weight excluding hydrogens is 134 g/mol. The molecule has 0 aromatic heterocycles. The fourth-order valence-electron chi connectivity index (χ4n) is 1.29. The van der Waals surface area contributed by atoms with Crippen molar-refractivity contribution in [2.24, 2.45) is 5.92 Å². The first-order chi connectivity index (χ1) is 5.35. The van der Waals surface area contributed by atoms with Gasteiger partial charge in [0, 0.05) is 0 Å². The Balaban J connectivity index is 3.27. The van der Waals surface area contributed by atoms with Gasteiger partial charge in [-0.15, -0.1) is 6.58 Å². The molecule has 1 unspecified atom stereocenters. The molecule has 0 amide bonds. The summed E-state index contributed by atoms with van der Waals surface area (Å²) in [5, 5.41) is 3.16. The first-order valence-corrected chi connectivity index (χ1v) is 4.60. The van der Waals surface area contributed by atoms with E-state index in [2.05, 4.69) is 18.8 Å². The second kappa shape index (κ2) is 7.80. The Kier molecular flexibility index (Phi) is 7.59. The minimum Gasteiger partial charge on any atom is -0.320 e. The summed E-state index contributed by atoms with van der Waals surface area (Å²) in [4.78, 5) is 0. The van der Waals surface area contributed by atoms with Crippen molar-refractivity contribution in [2.45, 2.75) is 32.6 Å². The van der Waals surface area contributed by atoms with Crippen LogP contribution in [-0.2, 0) is 0 Å². The molecule has 0 aliphatic heterocycles. The minimum absolute atomic E-state index is 0.862. The minimum atomic E-state index is 0.862. The van der Waals surface area contributed by atoms with Gasteiger partial charge in [0.05, 0.1) is 0 Å². The van der Waals surface area contributed by atoms with Crippen LogP contribution < -0.4 is 5.32 Å². The topological polar surface area (TPSA) is 12.0 Å². The maximum absolute atomic E-state index is 3.76. The van der Waals surface area contributed by atoms with Gasteiger partial charge in [-0.2, -0.15) is 0 Å². The van der Waals surface area contributed by atoms with E-state index in [1.165, 1.54) is 25.7 Å². The van der Waals surface area contributed by atoms with E-state index in [1.807, 2.05) is 13.1 Å². The van der Waals surface area contributed by atoms with Gasteiger partial charge in [0.25, 0.3) is 0 Å². The van der Waals surface area contributed by atoms with Crippen molar-refractivity contribution in [3.8, 4) is 0 Å². The molecule has 0 heterocycles. The van der Waals surface area contributed by atoms with Crippen LogP contribution in [0.5, 0.6) is 0 Å². The highest BCUT2D eigenvalue weighted by Crippen LogP contribution is 2.14. The van der Waals surface area contributed by atoms with Gasteiger partial charge in [-0.1, -0.05) is 19.4 Å². The molecule has 0 bridgehead atoms. The molecule has 1 nitrogen and oxygen atoms in total. The maximum Gasteiger partial charge on any atom is -0.00518 e. The second-order valence-corrected chi connectivity index (χ2v) is 3.04. The summed E-state index contributed by atoms with van der Waals surface area (Å²) in [6, 6.07) is 0. The highest BCUT2D eigenvalue weighted by Gasteiger charge is 2.02. The molecular formula is C10H21N. The summed E-state index contributed by atoms with van der Waals surface area (Å²) in [5.41, 5.74) is 0. The number of hydrogen-bond acceptors (Lipinski definition) is 1. The lowest BCUT2D eigenvalue weighted by molar-refractivity contribution is 0.455. The smallest absolute Gasteiger partial charge is 0.00518 e. The molecule has 0 aliphatic rings. The van der Waals surface area contributed by atoms with Crippen LogP contribution >= 0.6 is 0 Å². The summed E-state index contributed by atoms with van der Waals surface area (Å²) in [6.45, 7) is 7.17. The van der Waals surface area contributed by atoms with E-state index in [1.54, 1.807) is 0 Å². The van der Waals surface area contributed by atoms with Crippen LogP contribution in [0.4, 0.5) is 0 Å². The van der Waals surface area contributed by atoms with Crippen LogP contribution in [0.15, 0.2) is 12.7 Å². The molecule has 1 heteroatoms. The van der Waals surface area contributed by atoms with Gasteiger partial charge < -0.3 is 5.32 Å². The Morgan fingerprint density at radius 3 is 2.73 bits per heavy atom. The normalized spacial score (nSPS) is 12.9. The van der Waals surface area contributed by atoms with E-state index in [0.29, 0.717) is 0 Å². The fourth-order valence-corrected chi connectivity index (χ4v) is 1.29. The monoisotopic (exact) mass is 155 g/mol. The van der Waals surface area contributed by atoms with Gasteiger partial charge in [-0.25, -0.2) is 0 Å². The van der Waals surface area contributed by atoms with E-state index < -0.39 is 0 Å². The highest BCUT2D eigenvalue weighted by atomic mass is 14.8. The molecule has 1 atom stereocenters. The Morgan fingerprint density at radius 1 is 1.55 bits per heavy atom. The molecule has 0 aromatic rings. The molecule has 0 radical (unpaired) electrons. The number of rotatable bonds is 7. The zero-order valence-electron chi connectivity index (χ0n) is 7.90. The van der Waals surface area contributed by atoms with Crippen LogP contribution in [0, 0.1) is 5.92 Å². The Hall–Kier alpha value is -0.300. The predicted octanol–water partition coefficient (Wildman–Crippen LogP) is 2.59. The largest absolute Gasteiger partial charge is 0.320 e. The Labute approximate surface area is 70.9 Å². The molecule has 0 saturated heterocycles. The van der Waals surface area contributed by atoms with E-state index in [0.717, 1.165) is 12.5 Å². The van der Waals surface area contributed by atoms with Crippen LogP contribution in [0.3, 0.4) is 0 Å². The SMILES string of the molecule is C=CCC(CC)CCCNC. The lowest BCUT2D eigenvalue weighted by Gasteiger charge is -2.11. The number of allylic oxidation sites excluding steroid dienone is 1. The lowest BCUT2D eigenvalue weighted by Crippen LogP contribution is -2.09. The van der Waals surface area contributed by atoms with Crippen LogP contribution in [0.1, 0.15) is 32.6 Å². The van der Waals surface area contributed by atoms with E-state index in [9.17, 15) is 0 Å². The molecule has 0 rings (SSSR count). The standard InChI is InChI=1S/C10H21N/c1-4-7-10(5-2)8-6-9-11-3/h4,10-11H,1,5-9H2,2-3H3. The maximum atomic E-state index is 3.76. The third-order valence-corrected chi connectivity index (χ3v) is 2.12. The number of hydrogen-bond donors (Lipinski definition) is 1. The predicted molar refractivity (Wildman–Crippen MR) is 51.8 cm³/mol. The van der Waals surface area contributed by atoms with Crippen molar-refractivity contribution in [1.82, 2.24) is 5.32 Å². The third-order valence-electron chi connectivity index (χ3n) is 2.12. The lowest BCUT2D eigenvalue weighted by atomic mass is 9.97. The van der Waals surface area contributed by atoms with Crippen LogP contribution in [0.25, 0.3) is 0 Å². The average molecular weight is 155 g/mol. The first kappa shape index (κ1) is 10.7. The molecule has 66 valence electrons. The molecule has 0 aliphatic carbocycles. The summed E-state index contributed by atoms with van der Waals surface area (Å²) in [5.74, 6) is 0.862. The zero-order valence-corrected chi connectivity index (χ0v) is 7.90. The van der Waals surface area contributed by atoms with Crippen molar-refractivity contribution in [3.63, 3.8) is 0 Å². The number of nitrogens with one attached hydrogen (secondary N) is 1. The summed E-state index contributed by atoms with van der Waals surface area (Å²) in [7, 11) is 2.01. The van der Waals surface area contributed by atoms with Gasteiger partial charge in [0.15, 0.2) is 0 Å². The van der Waals surface area contributed by atoms with Crippen LogP contribution in [0.2, 0.25) is 0 Å². The van der Waals surface area contributed by atoms with Gasteiger partial charge in [0.1, 0.15) is 0 Å². The molecule has 11 heavy (non-hydrogen) atoms. The van der Waals surface area contributed by atoms with Crippen molar-refractivity contribution in [1.29, 1.82) is 0 Å². The molecule has 0 spiro atoms. The summed E-state index contributed by atoms with van der Waals surface area (Å²) in [6.07, 6.45) is 7.13. The van der Waals surface area contributed by atoms with Gasteiger partial charge in [-0.3, -0.25) is 0 Å². The fraction of sp³-hybridized carbons (Fsp3) is 0.800. The average Bonchev–Trinajstić information content (AvgIpc) is 2.03. The van der Waals surface area contributed by atoms with Gasteiger partial charge in [0.2, 0.25) is 0 Å². The molecule has 1 N–H and O–H groups in total. The van der Waals surface area contributed by atoms with E-state index in [-0.39, 0.29) is 0 Å². The van der Waals surface area contributed by atoms with E-state index >= 15 is 0 Å². The second-order valence-electron chi connectivity index (χ2n) is 3.04. The quantitative estimate of drug-likeness (QED) is 0.440. The zero-order chi connectivity index (χ0) is 8.53. The summed E-state index contributed by atoms with van der Waals surface area (Å²) >= 11 is 0. The van der Waals surface area contributed by atoms with E-state index in [4.69, 9.17) is 0 Å². The van der Waals surface area contributed by atoms with Crippen molar-refractivity contribution in [2.75, 3.05) is 13.6 Å². The third kappa shape index (κ3) is 6.11. The Bertz CT molecular complexity index is 88.9. The van der Waals surface area contributed by atoms with Crippen LogP contribution in [-0.4, -0.2) is 13.6 Å². The Morgan fingerprint density at radius 2 is 2.27 bits per heavy atom. The van der Waals surface area contributed by atoms with Crippen molar-refractivity contribution < 1.29 is 0 Å². The summed E-state index contributed by atoms with van der Waals surface area (Å²) < 4.78 is 0.